The van der Waals surface area contributed by atoms with Crippen molar-refractivity contribution in [1.29, 1.82) is 5.26 Å². The summed E-state index contributed by atoms with van der Waals surface area (Å²) in [5.41, 5.74) is 4.87. The molecule has 0 unspecified atom stereocenters. The minimum absolute atomic E-state index is 0.329. The van der Waals surface area contributed by atoms with Gasteiger partial charge in [0.15, 0.2) is 0 Å². The van der Waals surface area contributed by atoms with Crippen LogP contribution >= 0.6 is 0 Å². The molecule has 8 nitrogen and oxygen atoms in total. The van der Waals surface area contributed by atoms with Gasteiger partial charge < -0.3 is 19.9 Å². The van der Waals surface area contributed by atoms with Gasteiger partial charge in [-0.1, -0.05) is 0 Å². The Kier molecular flexibility index (Phi) is 5.77. The first kappa shape index (κ1) is 16.8. The quantitative estimate of drug-likeness (QED) is 0.613. The van der Waals surface area contributed by atoms with Gasteiger partial charge in [0.2, 0.25) is 0 Å². The minimum Gasteiger partial charge on any atom is -0.496 e. The number of nitrogens with one attached hydrogen (secondary N) is 1. The summed E-state index contributed by atoms with van der Waals surface area (Å²) < 4.78 is 15.5. The van der Waals surface area contributed by atoms with Gasteiger partial charge in [0.05, 0.1) is 26.9 Å². The normalized spacial score (nSPS) is 10.4. The Bertz CT molecular complexity index is 636. The van der Waals surface area contributed by atoms with Crippen molar-refractivity contribution in [2.45, 2.75) is 0 Å². The van der Waals surface area contributed by atoms with Crippen molar-refractivity contribution in [1.82, 2.24) is 5.32 Å². The largest absolute Gasteiger partial charge is 0.496 e. The second kappa shape index (κ2) is 7.54. The first-order chi connectivity index (χ1) is 10.5. The summed E-state index contributed by atoms with van der Waals surface area (Å²) in [5, 5.41) is 10.9. The number of nitrogens with zero attached hydrogens (tertiary/aromatic N) is 1. The Morgan fingerprint density at radius 2 is 1.73 bits per heavy atom. The Morgan fingerprint density at radius 3 is 2.09 bits per heavy atom. The molecule has 3 N–H and O–H groups in total. The van der Waals surface area contributed by atoms with Gasteiger partial charge in [0.25, 0.3) is 5.91 Å². The van der Waals surface area contributed by atoms with Gasteiger partial charge >= 0.3 is 6.03 Å². The molecule has 0 aliphatic rings. The average molecular weight is 305 g/mol. The van der Waals surface area contributed by atoms with Crippen LogP contribution in [0.15, 0.2) is 17.7 Å². The maximum atomic E-state index is 11.7. The maximum absolute atomic E-state index is 11.7. The van der Waals surface area contributed by atoms with E-state index in [1.807, 2.05) is 5.32 Å². The lowest BCUT2D eigenvalue weighted by Gasteiger charge is -2.13. The molecule has 0 bridgehead atoms. The summed E-state index contributed by atoms with van der Waals surface area (Å²) >= 11 is 0. The predicted molar refractivity (Wildman–Crippen MR) is 77.4 cm³/mol. The zero-order valence-electron chi connectivity index (χ0n) is 12.3. The van der Waals surface area contributed by atoms with Crippen molar-refractivity contribution in [2.75, 3.05) is 21.3 Å². The lowest BCUT2D eigenvalue weighted by atomic mass is 10.1. The fraction of sp³-hybridized carbons (Fsp3) is 0.214. The molecule has 116 valence electrons. The molecule has 0 atom stereocenters. The van der Waals surface area contributed by atoms with Crippen molar-refractivity contribution < 1.29 is 23.8 Å². The third kappa shape index (κ3) is 3.89. The molecule has 1 aromatic rings. The lowest BCUT2D eigenvalue weighted by Crippen LogP contribution is -2.35. The summed E-state index contributed by atoms with van der Waals surface area (Å²) in [6.45, 7) is 0. The third-order valence-electron chi connectivity index (χ3n) is 2.64. The Labute approximate surface area is 127 Å². The van der Waals surface area contributed by atoms with Crippen LogP contribution in [-0.2, 0) is 4.79 Å². The highest BCUT2D eigenvalue weighted by molar-refractivity contribution is 6.09. The number of nitrogens with two attached hydrogens (primary N) is 1. The zero-order valence-corrected chi connectivity index (χ0v) is 12.3. The highest BCUT2D eigenvalue weighted by atomic mass is 16.5. The van der Waals surface area contributed by atoms with Crippen LogP contribution in [0.3, 0.4) is 0 Å². The second-order valence-electron chi connectivity index (χ2n) is 3.93. The summed E-state index contributed by atoms with van der Waals surface area (Å²) in [6, 6.07) is 3.76. The van der Waals surface area contributed by atoms with Crippen LogP contribution in [-0.4, -0.2) is 33.3 Å². The van der Waals surface area contributed by atoms with Gasteiger partial charge in [0, 0.05) is 12.1 Å². The number of carbonyl (C=O) groups is 2. The van der Waals surface area contributed by atoms with Crippen LogP contribution in [0.25, 0.3) is 6.08 Å². The van der Waals surface area contributed by atoms with Gasteiger partial charge in [0.1, 0.15) is 28.9 Å². The van der Waals surface area contributed by atoms with Crippen molar-refractivity contribution in [3.8, 4) is 23.3 Å². The number of imide groups is 1. The molecule has 0 heterocycles. The van der Waals surface area contributed by atoms with E-state index in [4.69, 9.17) is 25.2 Å². The highest BCUT2D eigenvalue weighted by Crippen LogP contribution is 2.35. The molecule has 0 saturated heterocycles. The fourth-order valence-electron chi connectivity index (χ4n) is 1.65. The van der Waals surface area contributed by atoms with Crippen LogP contribution < -0.4 is 25.3 Å². The van der Waals surface area contributed by atoms with Crippen LogP contribution in [0, 0.1) is 11.3 Å². The number of ether oxygens (including phenoxy) is 3. The monoisotopic (exact) mass is 305 g/mol. The van der Waals surface area contributed by atoms with Gasteiger partial charge in [-0.05, 0) is 6.08 Å². The Balaban J connectivity index is 3.40. The SMILES string of the molecule is COc1cc(OC)c(/C=C(/C#N)C(=O)NC(N)=O)c(OC)c1. The van der Waals surface area contributed by atoms with E-state index in [9.17, 15) is 9.59 Å². The van der Waals surface area contributed by atoms with Gasteiger partial charge in [-0.3, -0.25) is 10.1 Å². The van der Waals surface area contributed by atoms with E-state index in [2.05, 4.69) is 0 Å². The number of primary amides is 1. The van der Waals surface area contributed by atoms with E-state index in [0.29, 0.717) is 22.8 Å². The lowest BCUT2D eigenvalue weighted by molar-refractivity contribution is -0.115. The number of rotatable bonds is 5. The number of hydrogen-bond donors (Lipinski definition) is 2. The van der Waals surface area contributed by atoms with Crippen molar-refractivity contribution in [3.05, 3.63) is 23.3 Å². The molecule has 3 amide bonds. The number of methoxy groups -OCH3 is 3. The molecular weight excluding hydrogens is 290 g/mol. The highest BCUT2D eigenvalue weighted by Gasteiger charge is 2.16. The summed E-state index contributed by atoms with van der Waals surface area (Å²) in [4.78, 5) is 22.4. The number of urea groups is 1. The maximum Gasteiger partial charge on any atom is 0.319 e. The minimum atomic E-state index is -1.06. The van der Waals surface area contributed by atoms with Crippen LogP contribution in [0.2, 0.25) is 0 Å². The topological polar surface area (TPSA) is 124 Å². The molecule has 0 aliphatic heterocycles. The summed E-state index contributed by atoms with van der Waals surface area (Å²) in [6.07, 6.45) is 1.23. The first-order valence-electron chi connectivity index (χ1n) is 5.99. The van der Waals surface area contributed by atoms with Gasteiger partial charge in [-0.2, -0.15) is 5.26 Å². The molecule has 0 aromatic heterocycles. The summed E-state index contributed by atoms with van der Waals surface area (Å²) in [7, 11) is 4.31. The van der Waals surface area contributed by atoms with Crippen LogP contribution in [0.1, 0.15) is 5.56 Å². The van der Waals surface area contributed by atoms with E-state index < -0.39 is 11.9 Å². The van der Waals surface area contributed by atoms with Gasteiger partial charge in [-0.15, -0.1) is 0 Å². The smallest absolute Gasteiger partial charge is 0.319 e. The third-order valence-corrected chi connectivity index (χ3v) is 2.64. The van der Waals surface area contributed by atoms with E-state index in [-0.39, 0.29) is 5.57 Å². The molecular formula is C14H15N3O5. The number of carbonyl (C=O) groups excluding carboxylic acids is 2. The number of amides is 3. The molecule has 0 aliphatic carbocycles. The van der Waals surface area contributed by atoms with E-state index >= 15 is 0 Å². The van der Waals surface area contributed by atoms with Crippen molar-refractivity contribution in [3.63, 3.8) is 0 Å². The molecule has 1 rings (SSSR count). The predicted octanol–water partition coefficient (Wildman–Crippen LogP) is 0.814. The number of benzene rings is 1. The molecule has 0 saturated carbocycles. The number of nitriles is 1. The summed E-state index contributed by atoms with van der Waals surface area (Å²) in [5.74, 6) is 0.215. The zero-order chi connectivity index (χ0) is 16.7. The van der Waals surface area contributed by atoms with E-state index in [1.54, 1.807) is 18.2 Å². The van der Waals surface area contributed by atoms with Crippen LogP contribution in [0.4, 0.5) is 4.79 Å². The molecule has 1 aromatic carbocycles. The standard InChI is InChI=1S/C14H15N3O5/c1-20-9-5-11(21-2)10(12(6-9)22-3)4-8(7-15)13(18)17-14(16)19/h4-6H,1-3H3,(H3,16,17,18,19)/b8-4-. The Hall–Kier alpha value is -3.21. The molecule has 0 radical (unpaired) electrons. The van der Waals surface area contributed by atoms with Crippen molar-refractivity contribution >= 4 is 18.0 Å². The average Bonchev–Trinajstić information content (AvgIpc) is 2.50. The Morgan fingerprint density at radius 1 is 1.18 bits per heavy atom. The number of hydrogen-bond acceptors (Lipinski definition) is 6. The van der Waals surface area contributed by atoms with Crippen molar-refractivity contribution in [2.24, 2.45) is 5.73 Å². The molecule has 22 heavy (non-hydrogen) atoms. The molecule has 0 fully saturated rings. The molecule has 8 heteroatoms. The molecule has 0 spiro atoms. The van der Waals surface area contributed by atoms with E-state index in [1.165, 1.54) is 27.4 Å². The first-order valence-corrected chi connectivity index (χ1v) is 5.99. The van der Waals surface area contributed by atoms with Crippen LogP contribution in [0.5, 0.6) is 17.2 Å². The van der Waals surface area contributed by atoms with Gasteiger partial charge in [-0.25, -0.2) is 4.79 Å². The van der Waals surface area contributed by atoms with E-state index in [0.717, 1.165) is 0 Å². The fourth-order valence-corrected chi connectivity index (χ4v) is 1.65. The second-order valence-corrected chi connectivity index (χ2v) is 3.93.